The van der Waals surface area contributed by atoms with Crippen molar-refractivity contribution in [3.05, 3.63) is 95.1 Å². The van der Waals surface area contributed by atoms with E-state index < -0.39 is 17.4 Å². The van der Waals surface area contributed by atoms with E-state index in [-0.39, 0.29) is 25.0 Å². The van der Waals surface area contributed by atoms with Gasteiger partial charge in [0.1, 0.15) is 6.61 Å². The average Bonchev–Trinajstić information content (AvgIpc) is 3.57. The Balaban J connectivity index is 1.12. The van der Waals surface area contributed by atoms with Gasteiger partial charge in [0.05, 0.1) is 5.41 Å². The molecule has 212 valence electrons. The highest BCUT2D eigenvalue weighted by molar-refractivity contribution is 5.93. The van der Waals surface area contributed by atoms with Crippen molar-refractivity contribution >= 4 is 17.9 Å². The number of benzene rings is 3. The van der Waals surface area contributed by atoms with E-state index in [1.54, 1.807) is 18.2 Å². The summed E-state index contributed by atoms with van der Waals surface area (Å²) in [5.41, 5.74) is 10.9. The molecule has 3 N–H and O–H groups in total. The number of carbonyl (C=O) groups excluding carboxylic acids is 3. The number of carbonyl (C=O) groups is 3. The number of hydrogen-bond donors (Lipinski definition) is 2. The minimum Gasteiger partial charge on any atom is -0.449 e. The normalized spacial score (nSPS) is 17.0. The van der Waals surface area contributed by atoms with Crippen molar-refractivity contribution in [3.63, 3.8) is 0 Å². The van der Waals surface area contributed by atoms with Crippen LogP contribution in [0.25, 0.3) is 11.1 Å². The topological polar surface area (TPSA) is 102 Å². The molecule has 0 radical (unpaired) electrons. The number of fused-ring (bicyclic) bond motifs is 3. The molecule has 0 aromatic heterocycles. The summed E-state index contributed by atoms with van der Waals surface area (Å²) in [6, 6.07) is 23.7. The second-order valence-electron chi connectivity index (χ2n) is 11.9. The van der Waals surface area contributed by atoms with E-state index in [4.69, 9.17) is 10.5 Å². The minimum absolute atomic E-state index is 0.0135. The molecule has 0 aliphatic heterocycles. The maximum Gasteiger partial charge on any atom is 0.407 e. The number of nitrogens with two attached hydrogens (primary N) is 1. The van der Waals surface area contributed by atoms with E-state index in [1.807, 2.05) is 35.2 Å². The van der Waals surface area contributed by atoms with Gasteiger partial charge in [-0.05, 0) is 71.6 Å². The Labute approximate surface area is 241 Å². The summed E-state index contributed by atoms with van der Waals surface area (Å²) in [7, 11) is 0. The van der Waals surface area contributed by atoms with Crippen molar-refractivity contribution < 1.29 is 19.1 Å². The SMILES string of the molecule is NC(=O)c1cccc(CN(CC2CC2)C(=O)C2(CNC(=O)OCC3c4ccccc4-c4ccccc43)CCCC2)c1. The van der Waals surface area contributed by atoms with Crippen molar-refractivity contribution in [3.8, 4) is 11.1 Å². The van der Waals surface area contributed by atoms with Crippen LogP contribution in [-0.2, 0) is 16.1 Å². The molecule has 3 aliphatic rings. The number of primary amides is 1. The lowest BCUT2D eigenvalue weighted by Gasteiger charge is -2.35. The van der Waals surface area contributed by atoms with Crippen LogP contribution in [0.15, 0.2) is 72.8 Å². The second kappa shape index (κ2) is 11.4. The van der Waals surface area contributed by atoms with Gasteiger partial charge in [-0.3, -0.25) is 9.59 Å². The summed E-state index contributed by atoms with van der Waals surface area (Å²) >= 11 is 0. The summed E-state index contributed by atoms with van der Waals surface area (Å²) in [5, 5.41) is 2.96. The van der Waals surface area contributed by atoms with Gasteiger partial charge >= 0.3 is 6.09 Å². The lowest BCUT2D eigenvalue weighted by atomic mass is 9.84. The van der Waals surface area contributed by atoms with Gasteiger partial charge in [-0.1, -0.05) is 73.5 Å². The van der Waals surface area contributed by atoms with Crippen molar-refractivity contribution in [2.75, 3.05) is 19.7 Å². The van der Waals surface area contributed by atoms with Crippen LogP contribution < -0.4 is 11.1 Å². The monoisotopic (exact) mass is 551 g/mol. The summed E-state index contributed by atoms with van der Waals surface area (Å²) in [6.07, 6.45) is 5.12. The first-order valence-corrected chi connectivity index (χ1v) is 14.7. The van der Waals surface area contributed by atoms with Crippen LogP contribution in [0.5, 0.6) is 0 Å². The van der Waals surface area contributed by atoms with Gasteiger partial charge in [0.25, 0.3) is 0 Å². The first-order valence-electron chi connectivity index (χ1n) is 14.7. The lowest BCUT2D eigenvalue weighted by molar-refractivity contribution is -0.142. The Hall–Kier alpha value is -4.13. The molecule has 3 aliphatic carbocycles. The Morgan fingerprint density at radius 2 is 1.56 bits per heavy atom. The molecule has 41 heavy (non-hydrogen) atoms. The van der Waals surface area contributed by atoms with Crippen LogP contribution in [0.2, 0.25) is 0 Å². The van der Waals surface area contributed by atoms with E-state index >= 15 is 0 Å². The molecule has 2 fully saturated rings. The Bertz CT molecular complexity index is 1410. The van der Waals surface area contributed by atoms with Gasteiger partial charge in [-0.2, -0.15) is 0 Å². The third-order valence-corrected chi connectivity index (χ3v) is 8.98. The molecular weight excluding hydrogens is 514 g/mol. The third kappa shape index (κ3) is 5.71. The van der Waals surface area contributed by atoms with Gasteiger partial charge < -0.3 is 20.7 Å². The van der Waals surface area contributed by atoms with Crippen LogP contribution in [0.3, 0.4) is 0 Å². The quantitative estimate of drug-likeness (QED) is 0.341. The molecule has 7 heteroatoms. The van der Waals surface area contributed by atoms with Gasteiger partial charge in [-0.25, -0.2) is 4.79 Å². The molecule has 0 unspecified atom stereocenters. The van der Waals surface area contributed by atoms with Crippen molar-refractivity contribution in [1.29, 1.82) is 0 Å². The molecule has 3 aromatic rings. The van der Waals surface area contributed by atoms with Gasteiger partial charge in [0.15, 0.2) is 0 Å². The molecule has 0 saturated heterocycles. The molecule has 0 atom stereocenters. The van der Waals surface area contributed by atoms with Crippen LogP contribution in [0.1, 0.15) is 71.5 Å². The maximum atomic E-state index is 14.2. The van der Waals surface area contributed by atoms with E-state index in [1.165, 1.54) is 22.3 Å². The van der Waals surface area contributed by atoms with E-state index in [0.29, 0.717) is 24.6 Å². The maximum absolute atomic E-state index is 14.2. The zero-order valence-corrected chi connectivity index (χ0v) is 23.3. The molecule has 0 heterocycles. The van der Waals surface area contributed by atoms with Crippen molar-refractivity contribution in [1.82, 2.24) is 10.2 Å². The summed E-state index contributed by atoms with van der Waals surface area (Å²) in [6.45, 7) is 1.60. The summed E-state index contributed by atoms with van der Waals surface area (Å²) < 4.78 is 5.77. The number of nitrogens with zero attached hydrogens (tertiary/aromatic N) is 1. The van der Waals surface area contributed by atoms with E-state index in [0.717, 1.165) is 44.1 Å². The minimum atomic E-state index is -0.651. The molecule has 0 spiro atoms. The fourth-order valence-corrected chi connectivity index (χ4v) is 6.62. The smallest absolute Gasteiger partial charge is 0.407 e. The van der Waals surface area contributed by atoms with Crippen LogP contribution >= 0.6 is 0 Å². The standard InChI is InChI=1S/C34H37N3O4/c35-31(38)25-9-7-8-24(18-25)20-37(19-23-14-15-23)32(39)34(16-5-6-17-34)22-36-33(40)41-21-30-28-12-3-1-10-26(28)27-11-2-4-13-29(27)30/h1-4,7-13,18,23,30H,5-6,14-17,19-22H2,(H2,35,38)(H,36,40). The highest BCUT2D eigenvalue weighted by Crippen LogP contribution is 2.45. The van der Waals surface area contributed by atoms with Crippen molar-refractivity contribution in [2.45, 2.75) is 51.0 Å². The molecule has 2 saturated carbocycles. The fourth-order valence-electron chi connectivity index (χ4n) is 6.62. The Morgan fingerprint density at radius 3 is 2.20 bits per heavy atom. The first kappa shape index (κ1) is 27.1. The van der Waals surface area contributed by atoms with Gasteiger partial charge in [0.2, 0.25) is 11.8 Å². The van der Waals surface area contributed by atoms with Crippen LogP contribution in [0, 0.1) is 11.3 Å². The van der Waals surface area contributed by atoms with Crippen LogP contribution in [0.4, 0.5) is 4.79 Å². The fraction of sp³-hybridized carbons (Fsp3) is 0.382. The molecule has 7 nitrogen and oxygen atoms in total. The highest BCUT2D eigenvalue weighted by Gasteiger charge is 2.45. The number of alkyl carbamates (subject to hydrolysis) is 1. The molecular formula is C34H37N3O4. The Kier molecular flexibility index (Phi) is 7.52. The van der Waals surface area contributed by atoms with E-state index in [9.17, 15) is 14.4 Å². The average molecular weight is 552 g/mol. The second-order valence-corrected chi connectivity index (χ2v) is 11.9. The molecule has 3 amide bonds. The van der Waals surface area contributed by atoms with Gasteiger partial charge in [-0.15, -0.1) is 0 Å². The highest BCUT2D eigenvalue weighted by atomic mass is 16.5. The largest absolute Gasteiger partial charge is 0.449 e. The zero-order valence-electron chi connectivity index (χ0n) is 23.3. The zero-order chi connectivity index (χ0) is 28.4. The summed E-state index contributed by atoms with van der Waals surface area (Å²) in [5.74, 6) is 0.0871. The predicted octanol–water partition coefficient (Wildman–Crippen LogP) is 5.62. The predicted molar refractivity (Wildman–Crippen MR) is 157 cm³/mol. The number of nitrogens with one attached hydrogen (secondary N) is 1. The van der Waals surface area contributed by atoms with Crippen LogP contribution in [-0.4, -0.2) is 42.5 Å². The first-order chi connectivity index (χ1) is 19.9. The molecule has 6 rings (SSSR count). The molecule has 0 bridgehead atoms. The summed E-state index contributed by atoms with van der Waals surface area (Å²) in [4.78, 5) is 40.8. The third-order valence-electron chi connectivity index (χ3n) is 8.98. The Morgan fingerprint density at radius 1 is 0.902 bits per heavy atom. The number of hydrogen-bond acceptors (Lipinski definition) is 4. The number of amides is 3. The van der Waals surface area contributed by atoms with Gasteiger partial charge in [0, 0.05) is 31.1 Å². The van der Waals surface area contributed by atoms with Crippen molar-refractivity contribution in [2.24, 2.45) is 17.1 Å². The van der Waals surface area contributed by atoms with E-state index in [2.05, 4.69) is 29.6 Å². The number of ether oxygens (including phenoxy) is 1. The number of rotatable bonds is 10. The lowest BCUT2D eigenvalue weighted by Crippen LogP contribution is -2.49. The molecule has 3 aromatic carbocycles.